The van der Waals surface area contributed by atoms with Crippen LogP contribution >= 0.6 is 11.8 Å². The number of thioether (sulfide) groups is 1. The van der Waals surface area contributed by atoms with Gasteiger partial charge in [0.15, 0.2) is 0 Å². The van der Waals surface area contributed by atoms with Crippen molar-refractivity contribution >= 4 is 11.8 Å². The molecule has 0 saturated carbocycles. The first-order chi connectivity index (χ1) is 6.90. The molecule has 0 bridgehead atoms. The van der Waals surface area contributed by atoms with Crippen LogP contribution in [0.5, 0.6) is 0 Å². The SMILES string of the molecule is NCc1cncc(C2CCSCC2)c1. The van der Waals surface area contributed by atoms with Gasteiger partial charge in [0, 0.05) is 18.9 Å². The van der Waals surface area contributed by atoms with Crippen LogP contribution < -0.4 is 5.73 Å². The fourth-order valence-corrected chi connectivity index (χ4v) is 2.98. The molecule has 2 nitrogen and oxygen atoms in total. The van der Waals surface area contributed by atoms with E-state index >= 15 is 0 Å². The summed E-state index contributed by atoms with van der Waals surface area (Å²) in [6.45, 7) is 0.600. The van der Waals surface area contributed by atoms with E-state index in [4.69, 9.17) is 5.73 Å². The van der Waals surface area contributed by atoms with Gasteiger partial charge in [-0.2, -0.15) is 11.8 Å². The highest BCUT2D eigenvalue weighted by molar-refractivity contribution is 7.99. The summed E-state index contributed by atoms with van der Waals surface area (Å²) in [5.41, 5.74) is 8.14. The molecule has 0 unspecified atom stereocenters. The van der Waals surface area contributed by atoms with E-state index in [0.29, 0.717) is 6.54 Å². The molecule has 1 aliphatic rings. The van der Waals surface area contributed by atoms with Crippen molar-refractivity contribution in [3.8, 4) is 0 Å². The smallest absolute Gasteiger partial charge is 0.0312 e. The highest BCUT2D eigenvalue weighted by Crippen LogP contribution is 2.31. The minimum atomic E-state index is 0.600. The molecule has 0 aliphatic carbocycles. The Morgan fingerprint density at radius 1 is 1.36 bits per heavy atom. The lowest BCUT2D eigenvalue weighted by Gasteiger charge is -2.21. The summed E-state index contributed by atoms with van der Waals surface area (Å²) >= 11 is 2.06. The van der Waals surface area contributed by atoms with E-state index in [1.54, 1.807) is 0 Å². The molecule has 1 saturated heterocycles. The average Bonchev–Trinajstić information content (AvgIpc) is 2.30. The maximum absolute atomic E-state index is 5.60. The Kier molecular flexibility index (Phi) is 3.43. The topological polar surface area (TPSA) is 38.9 Å². The predicted molar refractivity (Wildman–Crippen MR) is 61.4 cm³/mol. The second kappa shape index (κ2) is 4.80. The van der Waals surface area contributed by atoms with Gasteiger partial charge < -0.3 is 5.73 Å². The summed E-state index contributed by atoms with van der Waals surface area (Å²) < 4.78 is 0. The van der Waals surface area contributed by atoms with E-state index in [2.05, 4.69) is 22.8 Å². The minimum Gasteiger partial charge on any atom is -0.326 e. The molecule has 1 fully saturated rings. The zero-order valence-electron chi connectivity index (χ0n) is 8.28. The van der Waals surface area contributed by atoms with Crippen LogP contribution in [0.3, 0.4) is 0 Å². The van der Waals surface area contributed by atoms with Gasteiger partial charge in [0.25, 0.3) is 0 Å². The van der Waals surface area contributed by atoms with Crippen LogP contribution in [-0.4, -0.2) is 16.5 Å². The summed E-state index contributed by atoms with van der Waals surface area (Å²) in [6, 6.07) is 2.22. The molecule has 1 aromatic heterocycles. The van der Waals surface area contributed by atoms with E-state index in [1.807, 2.05) is 12.4 Å². The Hall–Kier alpha value is -0.540. The van der Waals surface area contributed by atoms with Gasteiger partial charge in [-0.15, -0.1) is 0 Å². The third-order valence-electron chi connectivity index (χ3n) is 2.74. The lowest BCUT2D eigenvalue weighted by molar-refractivity contribution is 0.633. The number of nitrogens with zero attached hydrogens (tertiary/aromatic N) is 1. The number of aromatic nitrogens is 1. The van der Waals surface area contributed by atoms with E-state index in [-0.39, 0.29) is 0 Å². The maximum Gasteiger partial charge on any atom is 0.0312 e. The Balaban J connectivity index is 2.13. The lowest BCUT2D eigenvalue weighted by atomic mass is 9.94. The first-order valence-electron chi connectivity index (χ1n) is 5.12. The third-order valence-corrected chi connectivity index (χ3v) is 3.79. The monoisotopic (exact) mass is 208 g/mol. The molecule has 0 amide bonds. The molecule has 2 N–H and O–H groups in total. The van der Waals surface area contributed by atoms with Crippen LogP contribution in [0, 0.1) is 0 Å². The molecule has 0 spiro atoms. The Labute approximate surface area is 89.3 Å². The van der Waals surface area contributed by atoms with Gasteiger partial charge in [0.1, 0.15) is 0 Å². The molecule has 2 heterocycles. The van der Waals surface area contributed by atoms with Crippen molar-refractivity contribution in [3.05, 3.63) is 29.6 Å². The summed E-state index contributed by atoms with van der Waals surface area (Å²) in [4.78, 5) is 4.24. The lowest BCUT2D eigenvalue weighted by Crippen LogP contribution is -2.09. The Morgan fingerprint density at radius 3 is 2.86 bits per heavy atom. The molecule has 0 atom stereocenters. The van der Waals surface area contributed by atoms with E-state index in [9.17, 15) is 0 Å². The molecule has 0 radical (unpaired) electrons. The highest BCUT2D eigenvalue weighted by atomic mass is 32.2. The Bertz CT molecular complexity index is 295. The fraction of sp³-hybridized carbons (Fsp3) is 0.545. The van der Waals surface area contributed by atoms with Gasteiger partial charge in [-0.3, -0.25) is 4.98 Å². The van der Waals surface area contributed by atoms with Gasteiger partial charge >= 0.3 is 0 Å². The van der Waals surface area contributed by atoms with Crippen LogP contribution in [-0.2, 0) is 6.54 Å². The number of rotatable bonds is 2. The van der Waals surface area contributed by atoms with Gasteiger partial charge in [0.2, 0.25) is 0 Å². The van der Waals surface area contributed by atoms with Gasteiger partial charge in [-0.25, -0.2) is 0 Å². The molecular weight excluding hydrogens is 192 g/mol. The van der Waals surface area contributed by atoms with Crippen molar-refractivity contribution in [1.82, 2.24) is 4.98 Å². The number of pyridine rings is 1. The second-order valence-corrected chi connectivity index (χ2v) is 4.94. The first kappa shape index (κ1) is 9.99. The zero-order chi connectivity index (χ0) is 9.80. The summed E-state index contributed by atoms with van der Waals surface area (Å²) in [5, 5.41) is 0. The van der Waals surface area contributed by atoms with Crippen LogP contribution in [0.25, 0.3) is 0 Å². The quantitative estimate of drug-likeness (QED) is 0.809. The molecule has 1 aromatic rings. The van der Waals surface area contributed by atoms with Gasteiger partial charge in [-0.05, 0) is 41.4 Å². The van der Waals surface area contributed by atoms with Crippen molar-refractivity contribution in [1.29, 1.82) is 0 Å². The predicted octanol–water partition coefficient (Wildman–Crippen LogP) is 2.15. The van der Waals surface area contributed by atoms with Crippen molar-refractivity contribution in [2.75, 3.05) is 11.5 Å². The maximum atomic E-state index is 5.60. The van der Waals surface area contributed by atoms with Crippen LogP contribution in [0.2, 0.25) is 0 Å². The highest BCUT2D eigenvalue weighted by Gasteiger charge is 2.15. The van der Waals surface area contributed by atoms with Crippen molar-refractivity contribution in [2.24, 2.45) is 5.73 Å². The second-order valence-electron chi connectivity index (χ2n) is 3.72. The fourth-order valence-electron chi connectivity index (χ4n) is 1.87. The molecule has 76 valence electrons. The van der Waals surface area contributed by atoms with E-state index < -0.39 is 0 Å². The molecule has 0 aromatic carbocycles. The van der Waals surface area contributed by atoms with Crippen LogP contribution in [0.15, 0.2) is 18.5 Å². The molecule has 14 heavy (non-hydrogen) atoms. The molecular formula is C11H16N2S. The van der Waals surface area contributed by atoms with E-state index in [1.165, 1.54) is 29.9 Å². The normalized spacial score (nSPS) is 18.4. The van der Waals surface area contributed by atoms with Gasteiger partial charge in [-0.1, -0.05) is 6.07 Å². The standard InChI is InChI=1S/C11H16N2S/c12-6-9-5-11(8-13-7-9)10-1-3-14-4-2-10/h5,7-8,10H,1-4,6,12H2. The van der Waals surface area contributed by atoms with Crippen LogP contribution in [0.4, 0.5) is 0 Å². The third kappa shape index (κ3) is 2.28. The largest absolute Gasteiger partial charge is 0.326 e. The molecule has 2 rings (SSSR count). The average molecular weight is 208 g/mol. The molecule has 3 heteroatoms. The van der Waals surface area contributed by atoms with Crippen molar-refractivity contribution in [2.45, 2.75) is 25.3 Å². The summed E-state index contributed by atoms with van der Waals surface area (Å²) in [7, 11) is 0. The van der Waals surface area contributed by atoms with Crippen molar-refractivity contribution < 1.29 is 0 Å². The molecule has 1 aliphatic heterocycles. The Morgan fingerprint density at radius 2 is 2.14 bits per heavy atom. The zero-order valence-corrected chi connectivity index (χ0v) is 9.09. The van der Waals surface area contributed by atoms with Crippen molar-refractivity contribution in [3.63, 3.8) is 0 Å². The summed E-state index contributed by atoms with van der Waals surface area (Å²) in [5.74, 6) is 3.30. The number of hydrogen-bond acceptors (Lipinski definition) is 3. The summed E-state index contributed by atoms with van der Waals surface area (Å²) in [6.07, 6.45) is 6.45. The van der Waals surface area contributed by atoms with E-state index in [0.717, 1.165) is 11.5 Å². The minimum absolute atomic E-state index is 0.600. The first-order valence-corrected chi connectivity index (χ1v) is 6.27. The number of hydrogen-bond donors (Lipinski definition) is 1. The van der Waals surface area contributed by atoms with Gasteiger partial charge in [0.05, 0.1) is 0 Å². The number of nitrogens with two attached hydrogens (primary N) is 1. The van der Waals surface area contributed by atoms with Crippen LogP contribution in [0.1, 0.15) is 29.9 Å².